The second-order valence-electron chi connectivity index (χ2n) is 6.30. The van der Waals surface area contributed by atoms with Gasteiger partial charge in [0.25, 0.3) is 10.0 Å². The SMILES string of the molecule is Cc1cccc(S(=O)(=O)N(C(N)=O)c2cccc(C(=O)O)c2-c2ccccc2)c1. The lowest BCUT2D eigenvalue weighted by Crippen LogP contribution is -2.41. The van der Waals surface area contributed by atoms with Gasteiger partial charge in [0, 0.05) is 5.56 Å². The zero-order valence-electron chi connectivity index (χ0n) is 15.4. The second kappa shape index (κ2) is 7.76. The molecule has 0 spiro atoms. The van der Waals surface area contributed by atoms with Gasteiger partial charge >= 0.3 is 12.0 Å². The van der Waals surface area contributed by atoms with Gasteiger partial charge in [-0.2, -0.15) is 4.31 Å². The van der Waals surface area contributed by atoms with E-state index in [2.05, 4.69) is 0 Å². The second-order valence-corrected chi connectivity index (χ2v) is 8.08. The first kappa shape index (κ1) is 20.1. The Morgan fingerprint density at radius 2 is 1.59 bits per heavy atom. The van der Waals surface area contributed by atoms with Gasteiger partial charge in [0.15, 0.2) is 0 Å². The quantitative estimate of drug-likeness (QED) is 0.666. The van der Waals surface area contributed by atoms with Crippen LogP contribution < -0.4 is 10.0 Å². The number of amides is 2. The number of carbonyl (C=O) groups is 2. The maximum absolute atomic E-state index is 13.3. The van der Waals surface area contributed by atoms with Crippen molar-refractivity contribution in [2.24, 2.45) is 5.73 Å². The molecule has 29 heavy (non-hydrogen) atoms. The molecule has 2 amide bonds. The summed E-state index contributed by atoms with van der Waals surface area (Å²) in [6, 6.07) is 17.2. The van der Waals surface area contributed by atoms with Crippen LogP contribution in [0.1, 0.15) is 15.9 Å². The first-order chi connectivity index (χ1) is 13.7. The van der Waals surface area contributed by atoms with E-state index >= 15 is 0 Å². The molecule has 3 N–H and O–H groups in total. The summed E-state index contributed by atoms with van der Waals surface area (Å²) in [4.78, 5) is 24.0. The molecule has 0 saturated carbocycles. The molecule has 3 aromatic carbocycles. The maximum atomic E-state index is 13.3. The summed E-state index contributed by atoms with van der Waals surface area (Å²) in [6.45, 7) is 1.72. The summed E-state index contributed by atoms with van der Waals surface area (Å²) >= 11 is 0. The van der Waals surface area contributed by atoms with Crippen LogP contribution in [0.5, 0.6) is 0 Å². The van der Waals surface area contributed by atoms with Crippen LogP contribution in [-0.4, -0.2) is 25.5 Å². The number of nitrogens with two attached hydrogens (primary N) is 1. The van der Waals surface area contributed by atoms with Crippen molar-refractivity contribution in [3.63, 3.8) is 0 Å². The fourth-order valence-corrected chi connectivity index (χ4v) is 4.49. The van der Waals surface area contributed by atoms with Crippen LogP contribution in [0.3, 0.4) is 0 Å². The molecular weight excluding hydrogens is 392 g/mol. The van der Waals surface area contributed by atoms with E-state index in [4.69, 9.17) is 5.73 Å². The van der Waals surface area contributed by atoms with Crippen LogP contribution in [0.2, 0.25) is 0 Å². The molecule has 0 aromatic heterocycles. The fraction of sp³-hybridized carbons (Fsp3) is 0.0476. The molecule has 3 aromatic rings. The summed E-state index contributed by atoms with van der Waals surface area (Å²) in [5.41, 5.74) is 6.37. The number of anilines is 1. The molecule has 0 aliphatic rings. The summed E-state index contributed by atoms with van der Waals surface area (Å²) in [7, 11) is -4.38. The van der Waals surface area contributed by atoms with Crippen LogP contribution in [0.15, 0.2) is 77.7 Å². The Bertz CT molecular complexity index is 1190. The lowest BCUT2D eigenvalue weighted by atomic mass is 9.97. The number of carbonyl (C=O) groups excluding carboxylic acids is 1. The Morgan fingerprint density at radius 1 is 0.931 bits per heavy atom. The topological polar surface area (TPSA) is 118 Å². The number of nitrogens with zero attached hydrogens (tertiary/aromatic N) is 1. The Kier molecular flexibility index (Phi) is 5.38. The van der Waals surface area contributed by atoms with E-state index in [1.54, 1.807) is 49.4 Å². The third kappa shape index (κ3) is 3.83. The highest BCUT2D eigenvalue weighted by Gasteiger charge is 2.33. The molecule has 3 rings (SSSR count). The van der Waals surface area contributed by atoms with Crippen LogP contribution in [0, 0.1) is 6.92 Å². The fourth-order valence-electron chi connectivity index (χ4n) is 3.04. The zero-order chi connectivity index (χ0) is 21.2. The molecule has 0 aliphatic heterocycles. The molecule has 8 heteroatoms. The van der Waals surface area contributed by atoms with E-state index in [9.17, 15) is 23.1 Å². The predicted molar refractivity (Wildman–Crippen MR) is 109 cm³/mol. The largest absolute Gasteiger partial charge is 0.478 e. The maximum Gasteiger partial charge on any atom is 0.336 e. The monoisotopic (exact) mass is 410 g/mol. The number of primary amides is 1. The molecule has 0 radical (unpaired) electrons. The standard InChI is InChI=1S/C21H18N2O5S/c1-14-7-5-10-16(13-14)29(27,28)23(21(22)26)18-12-6-11-17(20(24)25)19(18)15-8-3-2-4-9-15/h2-13H,1H3,(H2,22,26)(H,24,25). The van der Waals surface area contributed by atoms with Gasteiger partial charge in [-0.1, -0.05) is 48.5 Å². The van der Waals surface area contributed by atoms with Crippen LogP contribution in [0.25, 0.3) is 11.1 Å². The minimum Gasteiger partial charge on any atom is -0.478 e. The first-order valence-corrected chi connectivity index (χ1v) is 10.0. The molecule has 0 aliphatic carbocycles. The van der Waals surface area contributed by atoms with Crippen LogP contribution in [-0.2, 0) is 10.0 Å². The highest BCUT2D eigenvalue weighted by molar-refractivity contribution is 7.93. The van der Waals surface area contributed by atoms with Gasteiger partial charge in [-0.15, -0.1) is 0 Å². The molecule has 148 valence electrons. The van der Waals surface area contributed by atoms with Crippen molar-refractivity contribution in [3.05, 3.63) is 83.9 Å². The summed E-state index contributed by atoms with van der Waals surface area (Å²) in [5.74, 6) is -1.26. The molecule has 0 atom stereocenters. The number of urea groups is 1. The van der Waals surface area contributed by atoms with Gasteiger partial charge in [0.2, 0.25) is 0 Å². The van der Waals surface area contributed by atoms with Crippen LogP contribution in [0.4, 0.5) is 10.5 Å². The van der Waals surface area contributed by atoms with Crippen molar-refractivity contribution in [3.8, 4) is 11.1 Å². The normalized spacial score (nSPS) is 11.1. The zero-order valence-corrected chi connectivity index (χ0v) is 16.3. The van der Waals surface area contributed by atoms with E-state index in [0.29, 0.717) is 15.4 Å². The molecule has 0 bridgehead atoms. The molecule has 0 heterocycles. The highest BCUT2D eigenvalue weighted by atomic mass is 32.2. The summed E-state index contributed by atoms with van der Waals surface area (Å²) in [5, 5.41) is 9.64. The highest BCUT2D eigenvalue weighted by Crippen LogP contribution is 2.37. The van der Waals surface area contributed by atoms with Crippen LogP contribution >= 0.6 is 0 Å². The van der Waals surface area contributed by atoms with E-state index in [1.165, 1.54) is 30.3 Å². The third-order valence-corrected chi connectivity index (χ3v) is 5.99. The van der Waals surface area contributed by atoms with E-state index in [-0.39, 0.29) is 21.7 Å². The van der Waals surface area contributed by atoms with Gasteiger partial charge in [0.05, 0.1) is 16.1 Å². The van der Waals surface area contributed by atoms with Gasteiger partial charge < -0.3 is 10.8 Å². The number of sulfonamides is 1. The van der Waals surface area contributed by atoms with Crippen molar-refractivity contribution in [1.29, 1.82) is 0 Å². The number of hydrogen-bond donors (Lipinski definition) is 2. The number of hydrogen-bond acceptors (Lipinski definition) is 4. The lowest BCUT2D eigenvalue weighted by Gasteiger charge is -2.24. The molecule has 7 nitrogen and oxygen atoms in total. The Morgan fingerprint density at radius 3 is 2.17 bits per heavy atom. The number of rotatable bonds is 5. The minimum absolute atomic E-state index is 0.0793. The molecule has 0 fully saturated rings. The number of benzene rings is 3. The number of aryl methyl sites for hydroxylation is 1. The molecule has 0 unspecified atom stereocenters. The minimum atomic E-state index is -4.38. The Hall–Kier alpha value is -3.65. The van der Waals surface area contributed by atoms with Crippen molar-refractivity contribution >= 4 is 27.7 Å². The van der Waals surface area contributed by atoms with Gasteiger partial charge in [0.1, 0.15) is 0 Å². The average Bonchev–Trinajstić information content (AvgIpc) is 2.68. The summed E-state index contributed by atoms with van der Waals surface area (Å²) < 4.78 is 27.0. The van der Waals surface area contributed by atoms with E-state index in [1.807, 2.05) is 0 Å². The predicted octanol–water partition coefficient (Wildman–Crippen LogP) is 3.63. The van der Waals surface area contributed by atoms with Crippen molar-refractivity contribution < 1.29 is 23.1 Å². The van der Waals surface area contributed by atoms with E-state index < -0.39 is 22.0 Å². The Labute approximate surface area is 168 Å². The van der Waals surface area contributed by atoms with Gasteiger partial charge in [-0.3, -0.25) is 0 Å². The third-order valence-electron chi connectivity index (χ3n) is 4.28. The van der Waals surface area contributed by atoms with Gasteiger partial charge in [-0.25, -0.2) is 18.0 Å². The molecular formula is C21H18N2O5S. The molecule has 0 saturated heterocycles. The first-order valence-electron chi connectivity index (χ1n) is 8.56. The average molecular weight is 410 g/mol. The van der Waals surface area contributed by atoms with Crippen molar-refractivity contribution in [2.75, 3.05) is 4.31 Å². The smallest absolute Gasteiger partial charge is 0.336 e. The Balaban J connectivity index is 2.33. The van der Waals surface area contributed by atoms with Gasteiger partial charge in [-0.05, 0) is 42.3 Å². The van der Waals surface area contributed by atoms with E-state index in [0.717, 1.165) is 0 Å². The van der Waals surface area contributed by atoms with Crippen molar-refractivity contribution in [2.45, 2.75) is 11.8 Å². The number of aromatic carboxylic acids is 1. The summed E-state index contributed by atoms with van der Waals surface area (Å²) in [6.07, 6.45) is 0. The number of carboxylic acid groups (broad SMARTS) is 1. The van der Waals surface area contributed by atoms with Crippen molar-refractivity contribution in [1.82, 2.24) is 0 Å². The number of carboxylic acids is 1. The lowest BCUT2D eigenvalue weighted by molar-refractivity contribution is 0.0697.